The van der Waals surface area contributed by atoms with Gasteiger partial charge in [0.1, 0.15) is 5.75 Å². The van der Waals surface area contributed by atoms with Gasteiger partial charge in [-0.3, -0.25) is 14.4 Å². The summed E-state index contributed by atoms with van der Waals surface area (Å²) in [4.78, 5) is 37.2. The molecule has 0 aliphatic heterocycles. The standard InChI is InChI=1S/C18H14O4/c1-5-10-8-13(20)14(9(4)19)16-15(10)17(21)11(6-2)12(7-3)18(16)22/h5-8,20H,1-3H2,4H3. The number of Topliss-reactive ketones (excluding diaryl/α,β-unsaturated/α-hetero) is 3. The summed E-state index contributed by atoms with van der Waals surface area (Å²) in [5.74, 6) is -1.84. The van der Waals surface area contributed by atoms with Gasteiger partial charge >= 0.3 is 0 Å². The van der Waals surface area contributed by atoms with Crippen LogP contribution in [0, 0.1) is 0 Å². The first-order chi connectivity index (χ1) is 10.4. The topological polar surface area (TPSA) is 71.4 Å². The van der Waals surface area contributed by atoms with Gasteiger partial charge in [-0.2, -0.15) is 0 Å². The molecule has 0 heterocycles. The largest absolute Gasteiger partial charge is 0.507 e. The highest BCUT2D eigenvalue weighted by Gasteiger charge is 2.35. The molecule has 0 saturated heterocycles. The molecule has 1 N–H and O–H groups in total. The zero-order valence-corrected chi connectivity index (χ0v) is 12.1. The van der Waals surface area contributed by atoms with Crippen LogP contribution in [0.2, 0.25) is 0 Å². The Labute approximate surface area is 127 Å². The molecule has 0 amide bonds. The van der Waals surface area contributed by atoms with Gasteiger partial charge in [-0.15, -0.1) is 0 Å². The number of carbonyl (C=O) groups is 3. The summed E-state index contributed by atoms with van der Waals surface area (Å²) in [6, 6.07) is 1.26. The highest BCUT2D eigenvalue weighted by molar-refractivity contribution is 6.32. The van der Waals surface area contributed by atoms with Gasteiger partial charge < -0.3 is 5.11 Å². The molecule has 110 valence electrons. The number of hydrogen-bond donors (Lipinski definition) is 1. The Kier molecular flexibility index (Phi) is 3.78. The van der Waals surface area contributed by atoms with Crippen molar-refractivity contribution < 1.29 is 19.5 Å². The Hall–Kier alpha value is -3.01. The van der Waals surface area contributed by atoms with E-state index in [9.17, 15) is 19.5 Å². The Bertz CT molecular complexity index is 807. The number of phenols is 1. The number of benzene rings is 1. The van der Waals surface area contributed by atoms with Crippen LogP contribution in [0.1, 0.15) is 43.6 Å². The van der Waals surface area contributed by atoms with Crippen LogP contribution in [0.25, 0.3) is 6.08 Å². The van der Waals surface area contributed by atoms with Crippen LogP contribution in [0.5, 0.6) is 5.75 Å². The summed E-state index contributed by atoms with van der Waals surface area (Å²) in [5.41, 5.74) is 0.266. The van der Waals surface area contributed by atoms with E-state index in [1.165, 1.54) is 31.2 Å². The number of ketones is 3. The molecule has 22 heavy (non-hydrogen) atoms. The highest BCUT2D eigenvalue weighted by Crippen LogP contribution is 2.37. The minimum atomic E-state index is -0.538. The zero-order valence-electron chi connectivity index (χ0n) is 12.1. The first kappa shape index (κ1) is 15.4. The quantitative estimate of drug-likeness (QED) is 0.865. The second kappa shape index (κ2) is 5.41. The second-order valence-corrected chi connectivity index (χ2v) is 4.76. The van der Waals surface area contributed by atoms with Crippen LogP contribution in [0.4, 0.5) is 0 Å². The van der Waals surface area contributed by atoms with Crippen molar-refractivity contribution >= 4 is 23.4 Å². The van der Waals surface area contributed by atoms with Crippen LogP contribution in [0.3, 0.4) is 0 Å². The Balaban J connectivity index is 3.03. The van der Waals surface area contributed by atoms with Gasteiger partial charge in [-0.25, -0.2) is 0 Å². The van der Waals surface area contributed by atoms with Crippen molar-refractivity contribution in [2.45, 2.75) is 6.92 Å². The second-order valence-electron chi connectivity index (χ2n) is 4.76. The zero-order chi connectivity index (χ0) is 16.6. The normalized spacial score (nSPS) is 13.7. The number of fused-ring (bicyclic) bond motifs is 1. The molecular weight excluding hydrogens is 280 g/mol. The lowest BCUT2D eigenvalue weighted by atomic mass is 9.78. The van der Waals surface area contributed by atoms with Gasteiger partial charge in [0, 0.05) is 22.3 Å². The third kappa shape index (κ3) is 1.97. The third-order valence-electron chi connectivity index (χ3n) is 3.55. The van der Waals surface area contributed by atoms with Gasteiger partial charge in [0.15, 0.2) is 17.3 Å². The van der Waals surface area contributed by atoms with Crippen molar-refractivity contribution in [1.82, 2.24) is 0 Å². The van der Waals surface area contributed by atoms with Gasteiger partial charge in [0.25, 0.3) is 0 Å². The molecule has 4 nitrogen and oxygen atoms in total. The molecule has 0 aromatic heterocycles. The SMILES string of the molecule is C=CC1=C(C=C)C(=O)c2c(C(C)=O)c(O)cc(C=C)c2C1=O. The van der Waals surface area contributed by atoms with Crippen LogP contribution < -0.4 is 0 Å². The van der Waals surface area contributed by atoms with Crippen LogP contribution >= 0.6 is 0 Å². The molecule has 1 aliphatic rings. The molecular formula is C18H14O4. The Morgan fingerprint density at radius 1 is 1.00 bits per heavy atom. The van der Waals surface area contributed by atoms with E-state index in [0.717, 1.165) is 0 Å². The predicted octanol–water partition coefficient (Wildman–Crippen LogP) is 3.29. The van der Waals surface area contributed by atoms with Crippen LogP contribution in [-0.2, 0) is 0 Å². The van der Waals surface area contributed by atoms with Gasteiger partial charge in [-0.05, 0) is 18.6 Å². The fraction of sp³-hybridized carbons (Fsp3) is 0.0556. The molecule has 0 fully saturated rings. The number of phenolic OH excluding ortho intramolecular Hbond substituents is 1. The molecule has 1 aromatic rings. The first-order valence-corrected chi connectivity index (χ1v) is 6.50. The lowest BCUT2D eigenvalue weighted by Crippen LogP contribution is -2.24. The van der Waals surface area contributed by atoms with E-state index in [2.05, 4.69) is 19.7 Å². The molecule has 4 heteroatoms. The molecule has 2 rings (SSSR count). The summed E-state index contributed by atoms with van der Waals surface area (Å²) in [6.45, 7) is 11.9. The molecule has 0 saturated carbocycles. The Morgan fingerprint density at radius 2 is 1.50 bits per heavy atom. The molecule has 0 bridgehead atoms. The summed E-state index contributed by atoms with van der Waals surface area (Å²) in [6.07, 6.45) is 3.89. The number of allylic oxidation sites excluding steroid dienone is 4. The van der Waals surface area contributed by atoms with E-state index < -0.39 is 17.3 Å². The maximum atomic E-state index is 12.7. The lowest BCUT2D eigenvalue weighted by molar-refractivity contribution is 0.0967. The highest BCUT2D eigenvalue weighted by atomic mass is 16.3. The minimum absolute atomic E-state index is 0.0588. The Morgan fingerprint density at radius 3 is 1.91 bits per heavy atom. The number of hydrogen-bond acceptors (Lipinski definition) is 4. The maximum absolute atomic E-state index is 12.7. The minimum Gasteiger partial charge on any atom is -0.507 e. The van der Waals surface area contributed by atoms with Crippen molar-refractivity contribution in [3.8, 4) is 5.75 Å². The van der Waals surface area contributed by atoms with E-state index in [1.54, 1.807) is 0 Å². The fourth-order valence-corrected chi connectivity index (χ4v) is 2.60. The maximum Gasteiger partial charge on any atom is 0.195 e. The molecule has 0 atom stereocenters. The predicted molar refractivity (Wildman–Crippen MR) is 84.3 cm³/mol. The van der Waals surface area contributed by atoms with Crippen molar-refractivity contribution in [3.05, 3.63) is 71.4 Å². The molecule has 0 unspecified atom stereocenters. The average Bonchev–Trinajstić information content (AvgIpc) is 2.48. The van der Waals surface area contributed by atoms with Gasteiger partial charge in [0.2, 0.25) is 0 Å². The number of aromatic hydroxyl groups is 1. The third-order valence-corrected chi connectivity index (χ3v) is 3.55. The molecule has 1 aliphatic carbocycles. The smallest absolute Gasteiger partial charge is 0.195 e. The van der Waals surface area contributed by atoms with Crippen molar-refractivity contribution in [2.75, 3.05) is 0 Å². The van der Waals surface area contributed by atoms with Crippen molar-refractivity contribution in [2.24, 2.45) is 0 Å². The monoisotopic (exact) mass is 294 g/mol. The summed E-state index contributed by atoms with van der Waals surface area (Å²) in [5, 5.41) is 10.0. The molecule has 1 aromatic carbocycles. The van der Waals surface area contributed by atoms with Crippen LogP contribution in [0.15, 0.2) is 49.1 Å². The van der Waals surface area contributed by atoms with E-state index in [0.29, 0.717) is 5.56 Å². The number of rotatable bonds is 4. The van der Waals surface area contributed by atoms with Gasteiger partial charge in [-0.1, -0.05) is 38.0 Å². The van der Waals surface area contributed by atoms with Crippen LogP contribution in [-0.4, -0.2) is 22.5 Å². The van der Waals surface area contributed by atoms with E-state index >= 15 is 0 Å². The average molecular weight is 294 g/mol. The lowest BCUT2D eigenvalue weighted by Gasteiger charge is -2.22. The summed E-state index contributed by atoms with van der Waals surface area (Å²) < 4.78 is 0. The van der Waals surface area contributed by atoms with E-state index in [1.807, 2.05) is 0 Å². The molecule has 0 radical (unpaired) electrons. The first-order valence-electron chi connectivity index (χ1n) is 6.50. The fourth-order valence-electron chi connectivity index (χ4n) is 2.60. The summed E-state index contributed by atoms with van der Waals surface area (Å²) >= 11 is 0. The van der Waals surface area contributed by atoms with Crippen molar-refractivity contribution in [1.29, 1.82) is 0 Å². The van der Waals surface area contributed by atoms with Crippen molar-refractivity contribution in [3.63, 3.8) is 0 Å². The number of carbonyl (C=O) groups excluding carboxylic acids is 3. The molecule has 0 spiro atoms. The van der Waals surface area contributed by atoms with Gasteiger partial charge in [0.05, 0.1) is 5.56 Å². The van der Waals surface area contributed by atoms with E-state index in [4.69, 9.17) is 0 Å². The van der Waals surface area contributed by atoms with E-state index in [-0.39, 0.29) is 33.6 Å². The summed E-state index contributed by atoms with van der Waals surface area (Å²) in [7, 11) is 0.